The van der Waals surface area contributed by atoms with Crippen molar-refractivity contribution in [3.8, 4) is 0 Å². The van der Waals surface area contributed by atoms with Crippen molar-refractivity contribution in [1.82, 2.24) is 15.6 Å². The summed E-state index contributed by atoms with van der Waals surface area (Å²) in [7, 11) is 0. The van der Waals surface area contributed by atoms with Crippen LogP contribution in [0.25, 0.3) is 0 Å². The monoisotopic (exact) mass is 460 g/mol. The number of hydrogen-bond donors (Lipinski definition) is 4. The van der Waals surface area contributed by atoms with E-state index in [1.807, 2.05) is 37.3 Å². The van der Waals surface area contributed by atoms with E-state index >= 15 is 0 Å². The van der Waals surface area contributed by atoms with Crippen LogP contribution in [0.1, 0.15) is 53.7 Å². The van der Waals surface area contributed by atoms with Gasteiger partial charge in [0.15, 0.2) is 5.96 Å². The van der Waals surface area contributed by atoms with Gasteiger partial charge in [0.2, 0.25) is 11.0 Å². The van der Waals surface area contributed by atoms with Crippen molar-refractivity contribution in [3.05, 3.63) is 46.5 Å². The van der Waals surface area contributed by atoms with Crippen molar-refractivity contribution in [1.29, 1.82) is 0 Å². The van der Waals surface area contributed by atoms with Gasteiger partial charge in [0.1, 0.15) is 4.88 Å². The highest BCUT2D eigenvalue weighted by molar-refractivity contribution is 7.17. The quantitative estimate of drug-likeness (QED) is 0.224. The van der Waals surface area contributed by atoms with Crippen LogP contribution in [-0.4, -0.2) is 41.9 Å². The molecule has 6 N–H and O–H groups in total. The highest BCUT2D eigenvalue weighted by atomic mass is 32.1. The Morgan fingerprint density at radius 1 is 1.19 bits per heavy atom. The van der Waals surface area contributed by atoms with Gasteiger partial charge in [0.05, 0.1) is 31.3 Å². The minimum atomic E-state index is -0.577. The van der Waals surface area contributed by atoms with Crippen LogP contribution < -0.4 is 22.1 Å². The standard InChI is InChI=1S/C21H28N6O4S/c1-3-8-14-18(32-21(26-14)27-20(22)23)19(30)24-12-16(28)25-15(11-17(29)31-4-2)13-9-6-5-7-10-13/h5-7,9-10,15H,3-4,8,11-12H2,1-2H3,(H,24,30)(H,25,28)(H4,22,23,26,27). The lowest BCUT2D eigenvalue weighted by atomic mass is 10.0. The second-order valence-electron chi connectivity index (χ2n) is 6.78. The number of hydrogen-bond acceptors (Lipinski definition) is 7. The molecule has 0 spiro atoms. The van der Waals surface area contributed by atoms with Gasteiger partial charge in [-0.05, 0) is 18.9 Å². The Bertz CT molecular complexity index is 956. The molecule has 2 aromatic rings. The normalized spacial score (nSPS) is 11.3. The Labute approximate surface area is 190 Å². The molecule has 1 atom stereocenters. The van der Waals surface area contributed by atoms with Crippen LogP contribution in [0.3, 0.4) is 0 Å². The number of thiazole rings is 1. The van der Waals surface area contributed by atoms with E-state index in [2.05, 4.69) is 20.6 Å². The van der Waals surface area contributed by atoms with Gasteiger partial charge in [-0.2, -0.15) is 4.99 Å². The number of amides is 2. The van der Waals surface area contributed by atoms with E-state index in [-0.39, 0.29) is 30.7 Å². The maximum absolute atomic E-state index is 12.7. The molecule has 0 fully saturated rings. The van der Waals surface area contributed by atoms with E-state index in [0.29, 0.717) is 17.0 Å². The summed E-state index contributed by atoms with van der Waals surface area (Å²) in [6.45, 7) is 3.66. The number of esters is 1. The maximum atomic E-state index is 12.7. The molecule has 0 radical (unpaired) electrons. The molecule has 1 aromatic heterocycles. The molecule has 172 valence electrons. The Kier molecular flexibility index (Phi) is 9.61. The Morgan fingerprint density at radius 2 is 1.91 bits per heavy atom. The van der Waals surface area contributed by atoms with Crippen molar-refractivity contribution in [2.75, 3.05) is 13.2 Å². The fraction of sp³-hybridized carbons (Fsp3) is 0.381. The summed E-state index contributed by atoms with van der Waals surface area (Å²) in [5, 5.41) is 5.65. The second kappa shape index (κ2) is 12.4. The van der Waals surface area contributed by atoms with Gasteiger partial charge in [-0.1, -0.05) is 55.0 Å². The zero-order valence-electron chi connectivity index (χ0n) is 18.1. The second-order valence-corrected chi connectivity index (χ2v) is 7.76. The van der Waals surface area contributed by atoms with E-state index in [9.17, 15) is 14.4 Å². The molecule has 0 aliphatic carbocycles. The zero-order chi connectivity index (χ0) is 23.5. The Hall–Kier alpha value is -3.47. The molecule has 0 saturated carbocycles. The topological polar surface area (TPSA) is 162 Å². The number of aryl methyl sites for hydroxylation is 1. The lowest BCUT2D eigenvalue weighted by molar-refractivity contribution is -0.143. The number of nitrogens with zero attached hydrogens (tertiary/aromatic N) is 2. The number of ether oxygens (including phenoxy) is 1. The molecule has 32 heavy (non-hydrogen) atoms. The van der Waals surface area contributed by atoms with Crippen LogP contribution in [0, 0.1) is 0 Å². The number of nitrogens with two attached hydrogens (primary N) is 2. The van der Waals surface area contributed by atoms with Gasteiger partial charge < -0.3 is 26.8 Å². The average Bonchev–Trinajstić information content (AvgIpc) is 3.14. The van der Waals surface area contributed by atoms with E-state index < -0.39 is 23.8 Å². The molecule has 10 nitrogen and oxygen atoms in total. The SMILES string of the molecule is CCCc1nc(N=C(N)N)sc1C(=O)NCC(=O)NC(CC(=O)OCC)c1ccccc1. The first-order chi connectivity index (χ1) is 15.3. The smallest absolute Gasteiger partial charge is 0.308 e. The molecule has 0 aliphatic rings. The third kappa shape index (κ3) is 7.65. The third-order valence-electron chi connectivity index (χ3n) is 4.23. The lowest BCUT2D eigenvalue weighted by Crippen LogP contribution is -2.39. The van der Waals surface area contributed by atoms with Gasteiger partial charge in [0.25, 0.3) is 5.91 Å². The number of aromatic nitrogens is 1. The number of aliphatic imine (C=N–C) groups is 1. The van der Waals surface area contributed by atoms with Gasteiger partial charge in [-0.15, -0.1) is 0 Å². The summed E-state index contributed by atoms with van der Waals surface area (Å²) < 4.78 is 5.00. The molecular weight excluding hydrogens is 432 g/mol. The number of benzene rings is 1. The molecule has 11 heteroatoms. The average molecular weight is 461 g/mol. The molecule has 0 aliphatic heterocycles. The fourth-order valence-electron chi connectivity index (χ4n) is 2.89. The highest BCUT2D eigenvalue weighted by Crippen LogP contribution is 2.26. The van der Waals surface area contributed by atoms with Gasteiger partial charge in [-0.25, -0.2) is 4.98 Å². The van der Waals surface area contributed by atoms with Crippen LogP contribution in [0.2, 0.25) is 0 Å². The van der Waals surface area contributed by atoms with Gasteiger partial charge >= 0.3 is 5.97 Å². The molecule has 2 rings (SSSR count). The first-order valence-corrected chi connectivity index (χ1v) is 11.0. The van der Waals surface area contributed by atoms with Crippen LogP contribution in [0.4, 0.5) is 5.13 Å². The summed E-state index contributed by atoms with van der Waals surface area (Å²) in [5.41, 5.74) is 12.1. The van der Waals surface area contributed by atoms with Gasteiger partial charge in [-0.3, -0.25) is 14.4 Å². The van der Waals surface area contributed by atoms with Crippen LogP contribution in [0.5, 0.6) is 0 Å². The van der Waals surface area contributed by atoms with Crippen LogP contribution in [0.15, 0.2) is 35.3 Å². The van der Waals surface area contributed by atoms with E-state index in [4.69, 9.17) is 16.2 Å². The number of rotatable bonds is 11. The molecule has 0 saturated heterocycles. The number of nitrogens with one attached hydrogen (secondary N) is 2. The third-order valence-corrected chi connectivity index (χ3v) is 5.22. The summed E-state index contributed by atoms with van der Waals surface area (Å²) in [5.74, 6) is -1.46. The number of guanidine groups is 1. The first-order valence-electron chi connectivity index (χ1n) is 10.2. The zero-order valence-corrected chi connectivity index (χ0v) is 18.9. The van der Waals surface area contributed by atoms with Crippen LogP contribution >= 0.6 is 11.3 Å². The molecule has 1 heterocycles. The molecule has 2 amide bonds. The number of carbonyl (C=O) groups is 3. The predicted octanol–water partition coefficient (Wildman–Crippen LogP) is 1.54. The predicted molar refractivity (Wildman–Crippen MR) is 122 cm³/mol. The number of carbonyl (C=O) groups excluding carboxylic acids is 3. The molecular formula is C21H28N6O4S. The molecule has 0 bridgehead atoms. The summed E-state index contributed by atoms with van der Waals surface area (Å²) >= 11 is 1.05. The Balaban J connectivity index is 2.05. The van der Waals surface area contributed by atoms with Crippen molar-refractivity contribution in [3.63, 3.8) is 0 Å². The summed E-state index contributed by atoms with van der Waals surface area (Å²) in [6.07, 6.45) is 1.33. The van der Waals surface area contributed by atoms with Crippen molar-refractivity contribution < 1.29 is 19.1 Å². The van der Waals surface area contributed by atoms with Crippen molar-refractivity contribution >= 4 is 40.2 Å². The minimum absolute atomic E-state index is 0.0189. The molecule has 1 unspecified atom stereocenters. The fourth-order valence-corrected chi connectivity index (χ4v) is 3.81. The first kappa shape index (κ1) is 24.8. The van der Waals surface area contributed by atoms with Crippen molar-refractivity contribution in [2.24, 2.45) is 16.5 Å². The van der Waals surface area contributed by atoms with E-state index in [1.165, 1.54) is 0 Å². The summed E-state index contributed by atoms with van der Waals surface area (Å²) in [4.78, 5) is 45.7. The van der Waals surface area contributed by atoms with Gasteiger partial charge in [0, 0.05) is 0 Å². The van der Waals surface area contributed by atoms with Crippen LogP contribution in [-0.2, 0) is 20.7 Å². The largest absolute Gasteiger partial charge is 0.466 e. The minimum Gasteiger partial charge on any atom is -0.466 e. The maximum Gasteiger partial charge on any atom is 0.308 e. The van der Waals surface area contributed by atoms with E-state index in [1.54, 1.807) is 6.92 Å². The molecule has 1 aromatic carbocycles. The summed E-state index contributed by atoms with van der Waals surface area (Å²) in [6, 6.07) is 8.51. The van der Waals surface area contributed by atoms with E-state index in [0.717, 1.165) is 23.3 Å². The highest BCUT2D eigenvalue weighted by Gasteiger charge is 2.21. The Morgan fingerprint density at radius 3 is 2.53 bits per heavy atom. The van der Waals surface area contributed by atoms with Crippen molar-refractivity contribution in [2.45, 2.75) is 39.2 Å². The lowest BCUT2D eigenvalue weighted by Gasteiger charge is -2.18.